The zero-order valence-corrected chi connectivity index (χ0v) is 21.6. The van der Waals surface area contributed by atoms with E-state index in [9.17, 15) is 19.2 Å². The van der Waals surface area contributed by atoms with Crippen molar-refractivity contribution in [2.45, 2.75) is 6.54 Å². The lowest BCUT2D eigenvalue weighted by atomic mass is 10.2. The summed E-state index contributed by atoms with van der Waals surface area (Å²) in [5, 5.41) is 5.78. The van der Waals surface area contributed by atoms with Crippen molar-refractivity contribution in [3.8, 4) is 5.75 Å². The number of benzene rings is 2. The standard InChI is InChI=1S/C25H19BrClN3O7/c1-35-24(33)21-9-7-17(37-21)12-30-23(32)19(29-25(30)34)11-14-2-8-20(18(26)10-14)36-13-22(31)28-16-5-3-15(27)4-6-16/h2-11H,12-13H2,1H3,(H,28,31)(H,29,34)/b19-11-. The van der Waals surface area contributed by atoms with E-state index in [0.29, 0.717) is 26.5 Å². The highest BCUT2D eigenvalue weighted by molar-refractivity contribution is 9.10. The van der Waals surface area contributed by atoms with E-state index in [1.807, 2.05) is 0 Å². The molecule has 0 bridgehead atoms. The number of urea groups is 1. The van der Waals surface area contributed by atoms with Gasteiger partial charge in [0, 0.05) is 10.7 Å². The number of carbonyl (C=O) groups is 4. The minimum atomic E-state index is -0.663. The maximum absolute atomic E-state index is 12.8. The third kappa shape index (κ3) is 6.38. The maximum Gasteiger partial charge on any atom is 0.373 e. The average molecular weight is 589 g/mol. The fraction of sp³-hybridized carbons (Fsp3) is 0.120. The number of anilines is 1. The van der Waals surface area contributed by atoms with Gasteiger partial charge in [-0.25, -0.2) is 9.59 Å². The molecule has 0 spiro atoms. The highest BCUT2D eigenvalue weighted by atomic mass is 79.9. The summed E-state index contributed by atoms with van der Waals surface area (Å²) in [4.78, 5) is 49.8. The molecular weight excluding hydrogens is 570 g/mol. The lowest BCUT2D eigenvalue weighted by Gasteiger charge is -2.10. The number of rotatable bonds is 8. The SMILES string of the molecule is COC(=O)c1ccc(CN2C(=O)N/C(=C\c3ccc(OCC(=O)Nc4ccc(Cl)cc4)c(Br)c3)C2=O)o1. The minimum Gasteiger partial charge on any atom is -0.483 e. The molecular formula is C25H19BrClN3O7. The van der Waals surface area contributed by atoms with Gasteiger partial charge in [-0.1, -0.05) is 17.7 Å². The van der Waals surface area contributed by atoms with Crippen LogP contribution in [0.3, 0.4) is 0 Å². The Balaban J connectivity index is 1.37. The van der Waals surface area contributed by atoms with Crippen molar-refractivity contribution in [2.75, 3.05) is 19.0 Å². The van der Waals surface area contributed by atoms with Gasteiger partial charge < -0.3 is 24.5 Å². The van der Waals surface area contributed by atoms with Crippen LogP contribution in [0, 0.1) is 0 Å². The molecule has 3 aromatic rings. The Morgan fingerprint density at radius 2 is 1.89 bits per heavy atom. The van der Waals surface area contributed by atoms with Crippen LogP contribution < -0.4 is 15.4 Å². The molecule has 2 heterocycles. The molecule has 4 amide bonds. The first-order chi connectivity index (χ1) is 17.7. The summed E-state index contributed by atoms with van der Waals surface area (Å²) in [6, 6.07) is 13.9. The molecule has 1 fully saturated rings. The van der Waals surface area contributed by atoms with Gasteiger partial charge in [0.05, 0.1) is 18.1 Å². The molecule has 0 unspecified atom stereocenters. The van der Waals surface area contributed by atoms with Crippen molar-refractivity contribution < 1.29 is 33.1 Å². The van der Waals surface area contributed by atoms with Crippen molar-refractivity contribution in [3.63, 3.8) is 0 Å². The first-order valence-electron chi connectivity index (χ1n) is 10.7. The van der Waals surface area contributed by atoms with E-state index in [0.717, 1.165) is 4.90 Å². The van der Waals surface area contributed by atoms with E-state index in [1.54, 1.807) is 42.5 Å². The Morgan fingerprint density at radius 3 is 2.59 bits per heavy atom. The Kier molecular flexibility index (Phi) is 7.95. The van der Waals surface area contributed by atoms with Crippen LogP contribution in [0.1, 0.15) is 21.9 Å². The largest absolute Gasteiger partial charge is 0.483 e. The predicted molar refractivity (Wildman–Crippen MR) is 137 cm³/mol. The Morgan fingerprint density at radius 1 is 1.14 bits per heavy atom. The van der Waals surface area contributed by atoms with Crippen molar-refractivity contribution in [1.82, 2.24) is 10.2 Å². The quantitative estimate of drug-likeness (QED) is 0.224. The summed E-state index contributed by atoms with van der Waals surface area (Å²) in [6.07, 6.45) is 1.50. The molecule has 1 saturated heterocycles. The maximum atomic E-state index is 12.8. The number of methoxy groups -OCH3 is 1. The van der Waals surface area contributed by atoms with Gasteiger partial charge in [0.15, 0.2) is 6.61 Å². The van der Waals surface area contributed by atoms with E-state index in [-0.39, 0.29) is 36.3 Å². The highest BCUT2D eigenvalue weighted by Crippen LogP contribution is 2.28. The van der Waals surface area contributed by atoms with Gasteiger partial charge >= 0.3 is 12.0 Å². The number of carbonyl (C=O) groups excluding carboxylic acids is 4. The number of amides is 4. The van der Waals surface area contributed by atoms with Gasteiger partial charge in [0.2, 0.25) is 5.76 Å². The van der Waals surface area contributed by atoms with Gasteiger partial charge in [-0.15, -0.1) is 0 Å². The van der Waals surface area contributed by atoms with Crippen LogP contribution >= 0.6 is 27.5 Å². The number of esters is 1. The molecule has 10 nitrogen and oxygen atoms in total. The van der Waals surface area contributed by atoms with E-state index in [2.05, 4.69) is 31.3 Å². The molecule has 2 aromatic carbocycles. The third-order valence-electron chi connectivity index (χ3n) is 5.08. The van der Waals surface area contributed by atoms with Crippen LogP contribution in [-0.2, 0) is 20.9 Å². The van der Waals surface area contributed by atoms with Crippen molar-refractivity contribution in [1.29, 1.82) is 0 Å². The fourth-order valence-corrected chi connectivity index (χ4v) is 3.95. The zero-order valence-electron chi connectivity index (χ0n) is 19.2. The van der Waals surface area contributed by atoms with Crippen LogP contribution in [0.2, 0.25) is 5.02 Å². The van der Waals surface area contributed by atoms with E-state index < -0.39 is 17.9 Å². The fourth-order valence-electron chi connectivity index (χ4n) is 3.31. The number of nitrogens with zero attached hydrogens (tertiary/aromatic N) is 1. The van der Waals surface area contributed by atoms with Crippen LogP contribution in [0.5, 0.6) is 5.75 Å². The van der Waals surface area contributed by atoms with Gasteiger partial charge in [-0.05, 0) is 76.1 Å². The van der Waals surface area contributed by atoms with Crippen LogP contribution in [0.15, 0.2) is 69.2 Å². The summed E-state index contributed by atoms with van der Waals surface area (Å²) in [5.41, 5.74) is 1.25. The molecule has 2 N–H and O–H groups in total. The summed E-state index contributed by atoms with van der Waals surface area (Å²) < 4.78 is 16.0. The second-order valence-corrected chi connectivity index (χ2v) is 8.96. The second-order valence-electron chi connectivity index (χ2n) is 7.67. The van der Waals surface area contributed by atoms with Crippen LogP contribution in [0.4, 0.5) is 10.5 Å². The highest BCUT2D eigenvalue weighted by Gasteiger charge is 2.34. The first kappa shape index (κ1) is 26.0. The Labute approximate surface area is 224 Å². The molecule has 0 aliphatic carbocycles. The van der Waals surface area contributed by atoms with Gasteiger partial charge in [0.25, 0.3) is 11.8 Å². The number of halogens is 2. The minimum absolute atomic E-state index is 0.0325. The number of hydrogen-bond acceptors (Lipinski definition) is 7. The number of ether oxygens (including phenoxy) is 2. The second kappa shape index (κ2) is 11.3. The molecule has 0 saturated carbocycles. The summed E-state index contributed by atoms with van der Waals surface area (Å²) >= 11 is 9.23. The predicted octanol–water partition coefficient (Wildman–Crippen LogP) is 4.59. The number of nitrogens with one attached hydrogen (secondary N) is 2. The molecule has 12 heteroatoms. The van der Waals surface area contributed by atoms with Gasteiger partial charge in [-0.3, -0.25) is 14.5 Å². The lowest BCUT2D eigenvalue weighted by Crippen LogP contribution is -2.30. The molecule has 0 atom stereocenters. The van der Waals surface area contributed by atoms with Crippen molar-refractivity contribution >= 4 is 63.1 Å². The summed E-state index contributed by atoms with van der Waals surface area (Å²) in [7, 11) is 1.22. The Hall–Kier alpha value is -4.09. The lowest BCUT2D eigenvalue weighted by molar-refractivity contribution is -0.123. The average Bonchev–Trinajstić information content (AvgIpc) is 3.45. The smallest absolute Gasteiger partial charge is 0.373 e. The first-order valence-corrected chi connectivity index (χ1v) is 11.9. The van der Waals surface area contributed by atoms with Crippen molar-refractivity contribution in [3.05, 3.63) is 86.9 Å². The van der Waals surface area contributed by atoms with Crippen LogP contribution in [0.25, 0.3) is 6.08 Å². The zero-order chi connectivity index (χ0) is 26.5. The van der Waals surface area contributed by atoms with E-state index in [1.165, 1.54) is 25.3 Å². The van der Waals surface area contributed by atoms with Crippen molar-refractivity contribution in [2.24, 2.45) is 0 Å². The summed E-state index contributed by atoms with van der Waals surface area (Å²) in [6.45, 7) is -0.386. The van der Waals surface area contributed by atoms with Crippen LogP contribution in [-0.4, -0.2) is 42.4 Å². The van der Waals surface area contributed by atoms with E-state index >= 15 is 0 Å². The number of furan rings is 1. The van der Waals surface area contributed by atoms with Gasteiger partial charge in [0.1, 0.15) is 17.2 Å². The molecule has 4 rings (SSSR count). The topological polar surface area (TPSA) is 127 Å². The number of hydrogen-bond donors (Lipinski definition) is 2. The van der Waals surface area contributed by atoms with E-state index in [4.69, 9.17) is 20.8 Å². The normalized spacial score (nSPS) is 14.0. The summed E-state index contributed by atoms with van der Waals surface area (Å²) in [5.74, 6) is -0.948. The molecule has 1 aliphatic heterocycles. The third-order valence-corrected chi connectivity index (χ3v) is 5.95. The molecule has 37 heavy (non-hydrogen) atoms. The molecule has 190 valence electrons. The van der Waals surface area contributed by atoms with Gasteiger partial charge in [-0.2, -0.15) is 0 Å². The number of imide groups is 1. The monoisotopic (exact) mass is 587 g/mol. The molecule has 1 aromatic heterocycles. The molecule has 0 radical (unpaired) electrons. The Bertz CT molecular complexity index is 1400. The molecule has 1 aliphatic rings.